The van der Waals surface area contributed by atoms with Crippen molar-refractivity contribution in [2.75, 3.05) is 0 Å². The molecule has 1 aromatic rings. The van der Waals surface area contributed by atoms with Crippen LogP contribution in [0.2, 0.25) is 0 Å². The van der Waals surface area contributed by atoms with Crippen molar-refractivity contribution in [3.05, 3.63) is 66.8 Å². The van der Waals surface area contributed by atoms with Gasteiger partial charge in [0.15, 0.2) is 0 Å². The van der Waals surface area contributed by atoms with Gasteiger partial charge >= 0.3 is 0 Å². The van der Waals surface area contributed by atoms with Crippen molar-refractivity contribution < 1.29 is 16.4 Å². The van der Waals surface area contributed by atoms with E-state index >= 15 is 0 Å². The molecule has 0 aliphatic rings. The van der Waals surface area contributed by atoms with Gasteiger partial charge in [0.1, 0.15) is 0 Å². The summed E-state index contributed by atoms with van der Waals surface area (Å²) in [5, 5.41) is 0. The monoisotopic (exact) mass is 237 g/mol. The van der Waals surface area contributed by atoms with E-state index in [4.69, 9.17) is 0 Å². The molecule has 0 fully saturated rings. The van der Waals surface area contributed by atoms with Gasteiger partial charge in [-0.05, 0) is 5.56 Å². The molecule has 6 N–H and O–H groups in total. The molecule has 0 saturated carbocycles. The molecular formula is C12H18AlO3. The summed E-state index contributed by atoms with van der Waals surface area (Å²) in [5.41, 5.74) is 1.21. The summed E-state index contributed by atoms with van der Waals surface area (Å²) in [6.45, 7) is 3.58. The third-order valence-corrected chi connectivity index (χ3v) is 1.45. The van der Waals surface area contributed by atoms with Crippen LogP contribution < -0.4 is 0 Å². The minimum absolute atomic E-state index is 0. The summed E-state index contributed by atoms with van der Waals surface area (Å²) in [7, 11) is 0. The SMILES string of the molecule is C=CC=CC=Cc1ccccc1.O.O.O.[Al]. The smallest absolute Gasteiger partial charge is 0 e. The predicted molar refractivity (Wildman–Crippen MR) is 71.4 cm³/mol. The van der Waals surface area contributed by atoms with Crippen LogP contribution in [-0.4, -0.2) is 33.8 Å². The Kier molecular flexibility index (Phi) is 24.6. The van der Waals surface area contributed by atoms with E-state index in [0.717, 1.165) is 0 Å². The van der Waals surface area contributed by atoms with Gasteiger partial charge in [0.25, 0.3) is 0 Å². The molecule has 0 amide bonds. The topological polar surface area (TPSA) is 94.5 Å². The number of rotatable bonds is 3. The highest BCUT2D eigenvalue weighted by atomic mass is 27.0. The van der Waals surface area contributed by atoms with Crippen LogP contribution in [0, 0.1) is 0 Å². The summed E-state index contributed by atoms with van der Waals surface area (Å²) in [6, 6.07) is 10.2. The molecule has 0 aromatic heterocycles. The maximum absolute atomic E-state index is 3.58. The molecule has 1 rings (SSSR count). The van der Waals surface area contributed by atoms with Crippen LogP contribution in [0.4, 0.5) is 0 Å². The first-order valence-electron chi connectivity index (χ1n) is 3.94. The Morgan fingerprint density at radius 2 is 1.38 bits per heavy atom. The third-order valence-electron chi connectivity index (χ3n) is 1.45. The fourth-order valence-electron chi connectivity index (χ4n) is 0.874. The van der Waals surface area contributed by atoms with E-state index in [-0.39, 0.29) is 33.8 Å². The number of allylic oxidation sites excluding steroid dienone is 4. The Morgan fingerprint density at radius 3 is 1.88 bits per heavy atom. The zero-order chi connectivity index (χ0) is 8.65. The van der Waals surface area contributed by atoms with Crippen LogP contribution in [-0.2, 0) is 0 Å². The molecule has 0 unspecified atom stereocenters. The maximum Gasteiger partial charge on any atom is 0 e. The van der Waals surface area contributed by atoms with Gasteiger partial charge in [-0.25, -0.2) is 0 Å². The lowest BCUT2D eigenvalue weighted by Crippen LogP contribution is -1.66. The van der Waals surface area contributed by atoms with E-state index in [9.17, 15) is 0 Å². The van der Waals surface area contributed by atoms with E-state index in [1.807, 2.05) is 36.4 Å². The lowest BCUT2D eigenvalue weighted by atomic mass is 10.2. The molecule has 0 aliphatic heterocycles. The molecule has 16 heavy (non-hydrogen) atoms. The highest BCUT2D eigenvalue weighted by molar-refractivity contribution is 5.75. The van der Waals surface area contributed by atoms with E-state index < -0.39 is 0 Å². The molecule has 0 heterocycles. The molecular weight excluding hydrogens is 219 g/mol. The molecule has 0 aliphatic carbocycles. The first kappa shape index (κ1) is 24.2. The van der Waals surface area contributed by atoms with Crippen LogP contribution in [0.5, 0.6) is 0 Å². The summed E-state index contributed by atoms with van der Waals surface area (Å²) in [6.07, 6.45) is 9.67. The number of hydrogen-bond acceptors (Lipinski definition) is 0. The lowest BCUT2D eigenvalue weighted by molar-refractivity contribution is 0.823. The van der Waals surface area contributed by atoms with Gasteiger partial charge in [-0.3, -0.25) is 0 Å². The summed E-state index contributed by atoms with van der Waals surface area (Å²) in [4.78, 5) is 0. The van der Waals surface area contributed by atoms with E-state index in [1.54, 1.807) is 6.08 Å². The van der Waals surface area contributed by atoms with E-state index in [1.165, 1.54) is 5.56 Å². The van der Waals surface area contributed by atoms with Crippen LogP contribution in [0.25, 0.3) is 6.08 Å². The van der Waals surface area contributed by atoms with Crippen molar-refractivity contribution in [2.45, 2.75) is 0 Å². The van der Waals surface area contributed by atoms with Crippen molar-refractivity contribution in [2.24, 2.45) is 0 Å². The van der Waals surface area contributed by atoms with Gasteiger partial charge in [-0.1, -0.05) is 67.3 Å². The number of hydrogen-bond donors (Lipinski definition) is 0. The highest BCUT2D eigenvalue weighted by Gasteiger charge is 1.78. The molecule has 4 heteroatoms. The first-order valence-corrected chi connectivity index (χ1v) is 3.94. The van der Waals surface area contributed by atoms with Gasteiger partial charge in [0, 0.05) is 17.4 Å². The Balaban J connectivity index is -0.000000180. The maximum atomic E-state index is 3.58. The fourth-order valence-corrected chi connectivity index (χ4v) is 0.874. The van der Waals surface area contributed by atoms with Gasteiger partial charge in [-0.2, -0.15) is 0 Å². The van der Waals surface area contributed by atoms with E-state index in [0.29, 0.717) is 0 Å². The molecule has 3 radical (unpaired) electrons. The molecule has 0 atom stereocenters. The second-order valence-corrected chi connectivity index (χ2v) is 2.39. The zero-order valence-corrected chi connectivity index (χ0v) is 10.2. The minimum atomic E-state index is 0. The predicted octanol–water partition coefficient (Wildman–Crippen LogP) is 0.587. The fraction of sp³-hybridized carbons (Fsp3) is 0. The Hall–Kier alpha value is -1.15. The Bertz CT molecular complexity index is 294. The second-order valence-electron chi connectivity index (χ2n) is 2.39. The van der Waals surface area contributed by atoms with E-state index in [2.05, 4.69) is 24.8 Å². The van der Waals surface area contributed by atoms with Gasteiger partial charge in [-0.15, -0.1) is 0 Å². The molecule has 0 spiro atoms. The van der Waals surface area contributed by atoms with Crippen molar-refractivity contribution >= 4 is 23.4 Å². The molecule has 0 saturated heterocycles. The van der Waals surface area contributed by atoms with Crippen LogP contribution in [0.3, 0.4) is 0 Å². The van der Waals surface area contributed by atoms with Crippen molar-refractivity contribution in [1.82, 2.24) is 0 Å². The lowest BCUT2D eigenvalue weighted by Gasteiger charge is -1.87. The second kappa shape index (κ2) is 16.3. The molecule has 87 valence electrons. The van der Waals surface area contributed by atoms with Crippen molar-refractivity contribution in [3.8, 4) is 0 Å². The molecule has 1 aromatic carbocycles. The quantitative estimate of drug-likeness (QED) is 0.543. The van der Waals surface area contributed by atoms with Gasteiger partial charge in [0.05, 0.1) is 0 Å². The Morgan fingerprint density at radius 1 is 0.812 bits per heavy atom. The molecule has 0 bridgehead atoms. The standard InChI is InChI=1S/C12H12.Al.3H2O/c1-2-3-4-6-9-12-10-7-5-8-11-12;;;;/h2-11H,1H2;;3*1H2. The van der Waals surface area contributed by atoms with Crippen LogP contribution in [0.1, 0.15) is 5.56 Å². The van der Waals surface area contributed by atoms with Crippen molar-refractivity contribution in [3.63, 3.8) is 0 Å². The van der Waals surface area contributed by atoms with Gasteiger partial charge < -0.3 is 16.4 Å². The zero-order valence-electron chi connectivity index (χ0n) is 9.06. The summed E-state index contributed by atoms with van der Waals surface area (Å²) in [5.74, 6) is 0. The first-order chi connectivity index (χ1) is 5.93. The largest absolute Gasteiger partial charge is 0.412 e. The summed E-state index contributed by atoms with van der Waals surface area (Å²) >= 11 is 0. The van der Waals surface area contributed by atoms with Crippen LogP contribution in [0.15, 0.2) is 61.2 Å². The van der Waals surface area contributed by atoms with Crippen LogP contribution >= 0.6 is 0 Å². The Labute approximate surface area is 107 Å². The van der Waals surface area contributed by atoms with Crippen molar-refractivity contribution in [1.29, 1.82) is 0 Å². The normalized spacial score (nSPS) is 8.25. The summed E-state index contributed by atoms with van der Waals surface area (Å²) < 4.78 is 0. The molecule has 3 nitrogen and oxygen atoms in total. The highest BCUT2D eigenvalue weighted by Crippen LogP contribution is 2.00. The minimum Gasteiger partial charge on any atom is -0.412 e. The van der Waals surface area contributed by atoms with Gasteiger partial charge in [0.2, 0.25) is 0 Å². The average Bonchev–Trinajstić information content (AvgIpc) is 2.14. The average molecular weight is 237 g/mol. The number of benzene rings is 1. The third kappa shape index (κ3) is 10.9.